The van der Waals surface area contributed by atoms with E-state index >= 15 is 0 Å². The highest BCUT2D eigenvalue weighted by Gasteiger charge is 2.12. The van der Waals surface area contributed by atoms with Crippen LogP contribution in [0, 0.1) is 18.3 Å². The maximum Gasteiger partial charge on any atom is 0.369 e. The predicted octanol–water partition coefficient (Wildman–Crippen LogP) is 0.701. The van der Waals surface area contributed by atoms with Gasteiger partial charge in [0.05, 0.1) is 6.61 Å². The molecule has 0 aromatic carbocycles. The zero-order valence-corrected chi connectivity index (χ0v) is 9.54. The van der Waals surface area contributed by atoms with E-state index in [0.29, 0.717) is 5.13 Å². The molecule has 7 nitrogen and oxygen atoms in total. The van der Waals surface area contributed by atoms with Crippen molar-refractivity contribution in [1.29, 1.82) is 5.26 Å². The van der Waals surface area contributed by atoms with Gasteiger partial charge in [0.1, 0.15) is 11.1 Å². The van der Waals surface area contributed by atoms with Crippen LogP contribution < -0.4 is 5.43 Å². The molecule has 0 amide bonds. The summed E-state index contributed by atoms with van der Waals surface area (Å²) >= 11 is 1.26. The molecule has 84 valence electrons. The standard InChI is InChI=1S/C8H9N5O2S/c1-3-15-7(14)6(4-9)11-13-8-12-10-5(2)16-8/h3H2,1-2H3,(H,12,13)/b11-6+. The number of hydrogen-bond donors (Lipinski definition) is 1. The van der Waals surface area contributed by atoms with Crippen molar-refractivity contribution in [2.24, 2.45) is 5.10 Å². The van der Waals surface area contributed by atoms with Crippen molar-refractivity contribution >= 4 is 28.1 Å². The number of esters is 1. The number of nitrogens with zero attached hydrogens (tertiary/aromatic N) is 4. The first-order valence-corrected chi connectivity index (χ1v) is 5.20. The van der Waals surface area contributed by atoms with Gasteiger partial charge in [-0.1, -0.05) is 11.3 Å². The van der Waals surface area contributed by atoms with E-state index < -0.39 is 5.97 Å². The van der Waals surface area contributed by atoms with E-state index in [1.165, 1.54) is 11.3 Å². The van der Waals surface area contributed by atoms with Crippen LogP contribution in [0.25, 0.3) is 0 Å². The van der Waals surface area contributed by atoms with Crippen LogP contribution in [0.3, 0.4) is 0 Å². The number of nitriles is 1. The van der Waals surface area contributed by atoms with Crippen molar-refractivity contribution in [2.45, 2.75) is 13.8 Å². The average molecular weight is 239 g/mol. The summed E-state index contributed by atoms with van der Waals surface area (Å²) in [7, 11) is 0. The molecule has 1 aromatic heterocycles. The van der Waals surface area contributed by atoms with Crippen LogP contribution in [-0.4, -0.2) is 28.5 Å². The van der Waals surface area contributed by atoms with Gasteiger partial charge in [-0.05, 0) is 13.8 Å². The zero-order valence-electron chi connectivity index (χ0n) is 8.72. The molecular formula is C8H9N5O2S. The molecule has 8 heteroatoms. The fraction of sp³-hybridized carbons (Fsp3) is 0.375. The fourth-order valence-corrected chi connectivity index (χ4v) is 1.30. The van der Waals surface area contributed by atoms with Gasteiger partial charge in [0, 0.05) is 0 Å². The minimum absolute atomic E-state index is 0.192. The highest BCUT2D eigenvalue weighted by Crippen LogP contribution is 2.13. The van der Waals surface area contributed by atoms with Gasteiger partial charge < -0.3 is 4.74 Å². The van der Waals surface area contributed by atoms with E-state index in [-0.39, 0.29) is 12.3 Å². The Morgan fingerprint density at radius 1 is 1.69 bits per heavy atom. The molecule has 0 saturated heterocycles. The van der Waals surface area contributed by atoms with Crippen molar-refractivity contribution in [3.63, 3.8) is 0 Å². The van der Waals surface area contributed by atoms with E-state index in [0.717, 1.165) is 5.01 Å². The third kappa shape index (κ3) is 3.29. The number of hydrazone groups is 1. The lowest BCUT2D eigenvalue weighted by molar-refractivity contribution is -0.134. The molecule has 0 atom stereocenters. The summed E-state index contributed by atoms with van der Waals surface area (Å²) in [5, 5.41) is 20.9. The molecule has 1 aromatic rings. The minimum atomic E-state index is -0.765. The monoisotopic (exact) mass is 239 g/mol. The number of ether oxygens (including phenoxy) is 1. The smallest absolute Gasteiger partial charge is 0.369 e. The second kappa shape index (κ2) is 5.77. The average Bonchev–Trinajstić information content (AvgIpc) is 2.65. The largest absolute Gasteiger partial charge is 0.461 e. The van der Waals surface area contributed by atoms with Crippen LogP contribution in [0.1, 0.15) is 11.9 Å². The van der Waals surface area contributed by atoms with Crippen LogP contribution in [0.15, 0.2) is 5.10 Å². The normalized spacial score (nSPS) is 10.7. The second-order valence-electron chi connectivity index (χ2n) is 2.53. The molecule has 1 rings (SSSR count). The van der Waals surface area contributed by atoms with Crippen LogP contribution in [0.2, 0.25) is 0 Å². The van der Waals surface area contributed by atoms with Gasteiger partial charge in [0.25, 0.3) is 0 Å². The number of hydrogen-bond acceptors (Lipinski definition) is 8. The van der Waals surface area contributed by atoms with E-state index in [9.17, 15) is 4.79 Å². The lowest BCUT2D eigenvalue weighted by atomic mass is 10.4. The van der Waals surface area contributed by atoms with Gasteiger partial charge in [0.2, 0.25) is 10.8 Å². The zero-order chi connectivity index (χ0) is 12.0. The topological polar surface area (TPSA) is 100 Å². The van der Waals surface area contributed by atoms with Crippen LogP contribution >= 0.6 is 11.3 Å². The van der Waals surface area contributed by atoms with E-state index in [2.05, 4.69) is 25.5 Å². The number of aromatic nitrogens is 2. The molecule has 0 aliphatic carbocycles. The Hall–Kier alpha value is -2.01. The molecule has 0 saturated carbocycles. The lowest BCUT2D eigenvalue weighted by Crippen LogP contribution is -2.17. The van der Waals surface area contributed by atoms with E-state index in [4.69, 9.17) is 5.26 Å². The van der Waals surface area contributed by atoms with Crippen molar-refractivity contribution in [2.75, 3.05) is 12.0 Å². The molecule has 0 unspecified atom stereocenters. The molecular weight excluding hydrogens is 230 g/mol. The summed E-state index contributed by atoms with van der Waals surface area (Å²) in [6.45, 7) is 3.62. The van der Waals surface area contributed by atoms with Gasteiger partial charge in [0.15, 0.2) is 0 Å². The summed E-state index contributed by atoms with van der Waals surface area (Å²) in [6, 6.07) is 1.63. The number of aryl methyl sites for hydroxylation is 1. The third-order valence-electron chi connectivity index (χ3n) is 1.36. The number of anilines is 1. The van der Waals surface area contributed by atoms with Crippen LogP contribution in [-0.2, 0) is 9.53 Å². The predicted molar refractivity (Wildman–Crippen MR) is 57.9 cm³/mol. The Kier molecular flexibility index (Phi) is 4.35. The van der Waals surface area contributed by atoms with Gasteiger partial charge in [-0.3, -0.25) is 0 Å². The summed E-state index contributed by atoms with van der Waals surface area (Å²) < 4.78 is 4.62. The van der Waals surface area contributed by atoms with Crippen molar-refractivity contribution in [3.8, 4) is 6.07 Å². The van der Waals surface area contributed by atoms with Crippen LogP contribution in [0.4, 0.5) is 5.13 Å². The molecule has 0 spiro atoms. The number of carbonyl (C=O) groups is 1. The highest BCUT2D eigenvalue weighted by molar-refractivity contribution is 7.15. The van der Waals surface area contributed by atoms with E-state index in [1.54, 1.807) is 19.9 Å². The van der Waals surface area contributed by atoms with Crippen LogP contribution in [0.5, 0.6) is 0 Å². The van der Waals surface area contributed by atoms with Gasteiger partial charge >= 0.3 is 5.97 Å². The molecule has 1 heterocycles. The molecule has 0 aliphatic rings. The first-order valence-electron chi connectivity index (χ1n) is 4.38. The van der Waals surface area contributed by atoms with Gasteiger partial charge in [-0.2, -0.15) is 10.4 Å². The maximum absolute atomic E-state index is 11.2. The summed E-state index contributed by atoms with van der Waals surface area (Å²) in [5.74, 6) is -0.765. The Morgan fingerprint density at radius 3 is 2.94 bits per heavy atom. The summed E-state index contributed by atoms with van der Waals surface area (Å²) in [5.41, 5.74) is 2.11. The Morgan fingerprint density at radius 2 is 2.44 bits per heavy atom. The van der Waals surface area contributed by atoms with Gasteiger partial charge in [-0.15, -0.1) is 10.2 Å². The fourth-order valence-electron chi connectivity index (χ4n) is 0.761. The number of nitrogens with one attached hydrogen (secondary N) is 1. The maximum atomic E-state index is 11.2. The Labute approximate surface area is 95.8 Å². The van der Waals surface area contributed by atoms with Crippen molar-refractivity contribution in [3.05, 3.63) is 5.01 Å². The van der Waals surface area contributed by atoms with Gasteiger partial charge in [-0.25, -0.2) is 10.2 Å². The second-order valence-corrected chi connectivity index (χ2v) is 3.71. The third-order valence-corrected chi connectivity index (χ3v) is 2.11. The first-order chi connectivity index (χ1) is 7.67. The Balaban J connectivity index is 2.67. The quantitative estimate of drug-likeness (QED) is 0.471. The number of carbonyl (C=O) groups excluding carboxylic acids is 1. The molecule has 0 aliphatic heterocycles. The molecule has 0 fully saturated rings. The van der Waals surface area contributed by atoms with Crippen molar-refractivity contribution < 1.29 is 9.53 Å². The summed E-state index contributed by atoms with van der Waals surface area (Å²) in [4.78, 5) is 11.2. The Bertz CT molecular complexity index is 448. The number of rotatable bonds is 4. The molecule has 0 radical (unpaired) electrons. The highest BCUT2D eigenvalue weighted by atomic mass is 32.1. The van der Waals surface area contributed by atoms with Crippen molar-refractivity contribution in [1.82, 2.24) is 10.2 Å². The molecule has 1 N–H and O–H groups in total. The molecule has 16 heavy (non-hydrogen) atoms. The lowest BCUT2D eigenvalue weighted by Gasteiger charge is -1.98. The summed E-state index contributed by atoms with van der Waals surface area (Å²) in [6.07, 6.45) is 0. The van der Waals surface area contributed by atoms with E-state index in [1.807, 2.05) is 0 Å². The first kappa shape index (κ1) is 12.1. The molecule has 0 bridgehead atoms. The SMILES string of the molecule is CCOC(=O)/C(C#N)=N/Nc1nnc(C)s1. The minimum Gasteiger partial charge on any atom is -0.461 e.